The molecule has 3 rings (SSSR count). The Kier molecular flexibility index (Phi) is 6.41. The van der Waals surface area contributed by atoms with E-state index in [4.69, 9.17) is 9.47 Å². The molecule has 8 heteroatoms. The standard InChI is InChI=1S/C21H28N4O4/c1-13(2)11-17(20(26)29-4)24-21(27)25-10-9-16-18(23-12-22-16)19(25)14-5-7-15(28-3)8-6-14/h5-8,12-13,17,19H,9-11H2,1-4H3,(H,22,23)(H,24,27)/t17-,19-/m0/s1. The lowest BCUT2D eigenvalue weighted by Gasteiger charge is -2.36. The van der Waals surface area contributed by atoms with Crippen LogP contribution in [0.25, 0.3) is 0 Å². The summed E-state index contributed by atoms with van der Waals surface area (Å²) in [5.41, 5.74) is 2.75. The van der Waals surface area contributed by atoms with Crippen LogP contribution in [-0.4, -0.2) is 53.7 Å². The lowest BCUT2D eigenvalue weighted by atomic mass is 9.95. The van der Waals surface area contributed by atoms with E-state index in [-0.39, 0.29) is 18.0 Å². The summed E-state index contributed by atoms with van der Waals surface area (Å²) in [4.78, 5) is 34.7. The molecule has 1 aromatic carbocycles. The fourth-order valence-corrected chi connectivity index (χ4v) is 3.68. The summed E-state index contributed by atoms with van der Waals surface area (Å²) in [7, 11) is 2.95. The molecular formula is C21H28N4O4. The Morgan fingerprint density at radius 3 is 2.62 bits per heavy atom. The van der Waals surface area contributed by atoms with Gasteiger partial charge in [-0.15, -0.1) is 0 Å². The number of nitrogens with one attached hydrogen (secondary N) is 2. The number of aromatic nitrogens is 2. The first-order chi connectivity index (χ1) is 13.9. The number of imidazole rings is 1. The second-order valence-corrected chi connectivity index (χ2v) is 7.54. The Morgan fingerprint density at radius 1 is 1.28 bits per heavy atom. The minimum absolute atomic E-state index is 0.232. The molecule has 156 valence electrons. The maximum atomic E-state index is 13.2. The van der Waals surface area contributed by atoms with Gasteiger partial charge in [-0.05, 0) is 30.0 Å². The Morgan fingerprint density at radius 2 is 2.00 bits per heavy atom. The van der Waals surface area contributed by atoms with Crippen molar-refractivity contribution in [3.63, 3.8) is 0 Å². The van der Waals surface area contributed by atoms with Crippen molar-refractivity contribution >= 4 is 12.0 Å². The number of rotatable bonds is 6. The largest absolute Gasteiger partial charge is 0.497 e. The Bertz CT molecular complexity index is 847. The van der Waals surface area contributed by atoms with Gasteiger partial charge in [0.05, 0.1) is 26.2 Å². The predicted molar refractivity (Wildman–Crippen MR) is 108 cm³/mol. The van der Waals surface area contributed by atoms with Crippen molar-refractivity contribution in [2.24, 2.45) is 5.92 Å². The minimum Gasteiger partial charge on any atom is -0.497 e. The average molecular weight is 400 g/mol. The van der Waals surface area contributed by atoms with E-state index in [9.17, 15) is 9.59 Å². The molecule has 2 heterocycles. The van der Waals surface area contributed by atoms with Gasteiger partial charge in [-0.25, -0.2) is 14.6 Å². The van der Waals surface area contributed by atoms with Gasteiger partial charge in [0.25, 0.3) is 0 Å². The summed E-state index contributed by atoms with van der Waals surface area (Å²) in [5.74, 6) is 0.534. The van der Waals surface area contributed by atoms with Crippen LogP contribution in [0.15, 0.2) is 30.6 Å². The molecule has 29 heavy (non-hydrogen) atoms. The first-order valence-electron chi connectivity index (χ1n) is 9.75. The highest BCUT2D eigenvalue weighted by Crippen LogP contribution is 2.34. The number of urea groups is 1. The number of amides is 2. The molecule has 2 amide bonds. The van der Waals surface area contributed by atoms with Crippen LogP contribution in [0.3, 0.4) is 0 Å². The lowest BCUT2D eigenvalue weighted by molar-refractivity contribution is -0.143. The van der Waals surface area contributed by atoms with Gasteiger partial charge in [-0.3, -0.25) is 0 Å². The highest BCUT2D eigenvalue weighted by molar-refractivity contribution is 5.84. The molecule has 0 fully saturated rings. The normalized spacial score (nSPS) is 16.9. The van der Waals surface area contributed by atoms with Crippen LogP contribution >= 0.6 is 0 Å². The van der Waals surface area contributed by atoms with Crippen molar-refractivity contribution in [1.29, 1.82) is 0 Å². The third-order valence-corrected chi connectivity index (χ3v) is 5.11. The van der Waals surface area contributed by atoms with Crippen molar-refractivity contribution < 1.29 is 19.1 Å². The molecule has 0 radical (unpaired) electrons. The quantitative estimate of drug-likeness (QED) is 0.727. The Hall–Kier alpha value is -3.03. The molecular weight excluding hydrogens is 372 g/mol. The number of hydrogen-bond donors (Lipinski definition) is 2. The van der Waals surface area contributed by atoms with E-state index >= 15 is 0 Å². The summed E-state index contributed by atoms with van der Waals surface area (Å²) >= 11 is 0. The smallest absolute Gasteiger partial charge is 0.328 e. The van der Waals surface area contributed by atoms with Gasteiger partial charge >= 0.3 is 12.0 Å². The number of fused-ring (bicyclic) bond motifs is 1. The number of carbonyl (C=O) groups is 2. The molecule has 8 nitrogen and oxygen atoms in total. The highest BCUT2D eigenvalue weighted by Gasteiger charge is 2.35. The van der Waals surface area contributed by atoms with Crippen LogP contribution in [0.1, 0.15) is 43.3 Å². The predicted octanol–water partition coefficient (Wildman–Crippen LogP) is 2.66. The molecule has 0 saturated carbocycles. The third-order valence-electron chi connectivity index (χ3n) is 5.11. The van der Waals surface area contributed by atoms with Crippen LogP contribution in [0.4, 0.5) is 4.79 Å². The molecule has 2 atom stereocenters. The van der Waals surface area contributed by atoms with Crippen molar-refractivity contribution in [2.75, 3.05) is 20.8 Å². The second-order valence-electron chi connectivity index (χ2n) is 7.54. The zero-order valence-corrected chi connectivity index (χ0v) is 17.3. The van der Waals surface area contributed by atoms with Gasteiger partial charge in [0.15, 0.2) is 0 Å². The number of aromatic amines is 1. The number of methoxy groups -OCH3 is 2. The van der Waals surface area contributed by atoms with E-state index in [1.165, 1.54) is 7.11 Å². The maximum Gasteiger partial charge on any atom is 0.328 e. The fraction of sp³-hybridized carbons (Fsp3) is 0.476. The Labute approximate surface area is 170 Å². The minimum atomic E-state index is -0.690. The van der Waals surface area contributed by atoms with Gasteiger partial charge in [-0.2, -0.15) is 0 Å². The first-order valence-corrected chi connectivity index (χ1v) is 9.75. The first kappa shape index (κ1) is 20.7. The molecule has 1 aromatic heterocycles. The zero-order valence-electron chi connectivity index (χ0n) is 17.3. The van der Waals surface area contributed by atoms with Crippen molar-refractivity contribution in [2.45, 2.75) is 38.8 Å². The van der Waals surface area contributed by atoms with Gasteiger partial charge in [0, 0.05) is 18.7 Å². The van der Waals surface area contributed by atoms with E-state index < -0.39 is 12.0 Å². The summed E-state index contributed by atoms with van der Waals surface area (Å²) in [6, 6.07) is 6.23. The summed E-state index contributed by atoms with van der Waals surface area (Å²) in [5, 5.41) is 2.86. The van der Waals surface area contributed by atoms with Crippen LogP contribution in [0.5, 0.6) is 5.75 Å². The molecule has 0 unspecified atom stereocenters. The fourth-order valence-electron chi connectivity index (χ4n) is 3.68. The van der Waals surface area contributed by atoms with E-state index in [0.29, 0.717) is 19.4 Å². The van der Waals surface area contributed by atoms with E-state index in [1.54, 1.807) is 18.3 Å². The van der Waals surface area contributed by atoms with Crippen molar-refractivity contribution in [3.8, 4) is 5.75 Å². The number of ether oxygens (including phenoxy) is 2. The van der Waals surface area contributed by atoms with Gasteiger partial charge < -0.3 is 24.7 Å². The topological polar surface area (TPSA) is 96.6 Å². The number of benzene rings is 1. The number of esters is 1. The van der Waals surface area contributed by atoms with Crippen molar-refractivity contribution in [3.05, 3.63) is 47.5 Å². The van der Waals surface area contributed by atoms with Crippen LogP contribution < -0.4 is 10.1 Å². The summed E-state index contributed by atoms with van der Waals surface area (Å²) < 4.78 is 10.1. The summed E-state index contributed by atoms with van der Waals surface area (Å²) in [6.07, 6.45) is 2.83. The highest BCUT2D eigenvalue weighted by atomic mass is 16.5. The van der Waals surface area contributed by atoms with E-state index in [0.717, 1.165) is 22.7 Å². The number of H-pyrrole nitrogens is 1. The van der Waals surface area contributed by atoms with Crippen molar-refractivity contribution in [1.82, 2.24) is 20.2 Å². The van der Waals surface area contributed by atoms with Gasteiger partial charge in [0.1, 0.15) is 17.8 Å². The molecule has 1 aliphatic heterocycles. The molecule has 1 aliphatic rings. The second kappa shape index (κ2) is 8.98. The molecule has 0 spiro atoms. The molecule has 0 aliphatic carbocycles. The van der Waals surface area contributed by atoms with Gasteiger partial charge in [-0.1, -0.05) is 26.0 Å². The molecule has 0 saturated heterocycles. The molecule has 2 aromatic rings. The number of nitrogens with zero attached hydrogens (tertiary/aromatic N) is 2. The third kappa shape index (κ3) is 4.52. The average Bonchev–Trinajstić information content (AvgIpc) is 3.20. The monoisotopic (exact) mass is 400 g/mol. The Balaban J connectivity index is 1.89. The van der Waals surface area contributed by atoms with E-state index in [2.05, 4.69) is 15.3 Å². The van der Waals surface area contributed by atoms with Gasteiger partial charge in [0.2, 0.25) is 0 Å². The van der Waals surface area contributed by atoms with Crippen LogP contribution in [0.2, 0.25) is 0 Å². The van der Waals surface area contributed by atoms with Crippen LogP contribution in [0, 0.1) is 5.92 Å². The SMILES string of the molecule is COC(=O)[C@H](CC(C)C)NC(=O)N1CCc2[nH]cnc2[C@@H]1c1ccc(OC)cc1. The molecule has 0 bridgehead atoms. The summed E-state index contributed by atoms with van der Waals surface area (Å²) in [6.45, 7) is 4.51. The number of carbonyl (C=O) groups excluding carboxylic acids is 2. The lowest BCUT2D eigenvalue weighted by Crippen LogP contribution is -2.51. The zero-order chi connectivity index (χ0) is 21.0. The maximum absolute atomic E-state index is 13.2. The molecule has 2 N–H and O–H groups in total. The number of hydrogen-bond acceptors (Lipinski definition) is 5. The van der Waals surface area contributed by atoms with Crippen LogP contribution in [-0.2, 0) is 16.0 Å². The van der Waals surface area contributed by atoms with E-state index in [1.807, 2.05) is 38.1 Å².